The van der Waals surface area contributed by atoms with Gasteiger partial charge >= 0.3 is 0 Å². The largest absolute Gasteiger partial charge is 0.330 e. The van der Waals surface area contributed by atoms with Gasteiger partial charge in [0.2, 0.25) is 0 Å². The first-order valence-electron chi connectivity index (χ1n) is 7.87. The summed E-state index contributed by atoms with van der Waals surface area (Å²) in [4.78, 5) is 4.64. The van der Waals surface area contributed by atoms with Crippen molar-refractivity contribution in [2.45, 2.75) is 38.5 Å². The third kappa shape index (κ3) is 2.45. The van der Waals surface area contributed by atoms with Gasteiger partial charge in [0, 0.05) is 11.6 Å². The molecular weight excluding hydrogens is 244 g/mol. The predicted molar refractivity (Wildman–Crippen MR) is 84.7 cm³/mol. The molecule has 0 aliphatic heterocycles. The van der Waals surface area contributed by atoms with E-state index in [1.807, 2.05) is 12.3 Å². The first kappa shape index (κ1) is 13.6. The Kier molecular flexibility index (Phi) is 4.02. The summed E-state index contributed by atoms with van der Waals surface area (Å²) < 4.78 is 0. The summed E-state index contributed by atoms with van der Waals surface area (Å²) in [5, 5.41) is 1.25. The number of nitrogens with two attached hydrogens (primary N) is 1. The average molecular weight is 268 g/mol. The lowest BCUT2D eigenvalue weighted by Gasteiger charge is -2.36. The van der Waals surface area contributed by atoms with E-state index in [4.69, 9.17) is 5.73 Å². The van der Waals surface area contributed by atoms with Crippen LogP contribution in [-0.2, 0) is 0 Å². The molecule has 3 rings (SSSR count). The molecule has 20 heavy (non-hydrogen) atoms. The lowest BCUT2D eigenvalue weighted by Crippen LogP contribution is -2.29. The highest BCUT2D eigenvalue weighted by Crippen LogP contribution is 2.42. The van der Waals surface area contributed by atoms with Gasteiger partial charge in [-0.25, -0.2) is 0 Å². The average Bonchev–Trinajstić information content (AvgIpc) is 2.53. The van der Waals surface area contributed by atoms with Gasteiger partial charge in [0.15, 0.2) is 0 Å². The highest BCUT2D eigenvalue weighted by Gasteiger charge is 2.31. The Hall–Kier alpha value is -1.41. The van der Waals surface area contributed by atoms with Crippen LogP contribution in [0.1, 0.15) is 44.1 Å². The van der Waals surface area contributed by atoms with E-state index in [0.717, 1.165) is 12.5 Å². The minimum Gasteiger partial charge on any atom is -0.330 e. The highest BCUT2D eigenvalue weighted by molar-refractivity contribution is 5.82. The number of para-hydroxylation sites is 1. The second-order valence-electron chi connectivity index (χ2n) is 6.11. The molecule has 1 aromatic heterocycles. The Morgan fingerprint density at radius 3 is 2.85 bits per heavy atom. The molecule has 2 heteroatoms. The summed E-state index contributed by atoms with van der Waals surface area (Å²) >= 11 is 0. The maximum Gasteiger partial charge on any atom is 0.0736 e. The molecule has 3 unspecified atom stereocenters. The van der Waals surface area contributed by atoms with Gasteiger partial charge in [-0.2, -0.15) is 0 Å². The van der Waals surface area contributed by atoms with E-state index in [9.17, 15) is 0 Å². The van der Waals surface area contributed by atoms with Crippen LogP contribution in [0.3, 0.4) is 0 Å². The van der Waals surface area contributed by atoms with Crippen molar-refractivity contribution in [3.63, 3.8) is 0 Å². The van der Waals surface area contributed by atoms with Crippen LogP contribution in [0.25, 0.3) is 10.9 Å². The molecule has 0 bridgehead atoms. The van der Waals surface area contributed by atoms with Crippen LogP contribution in [0.2, 0.25) is 0 Å². The Morgan fingerprint density at radius 2 is 2.05 bits per heavy atom. The first-order chi connectivity index (χ1) is 9.83. The summed E-state index contributed by atoms with van der Waals surface area (Å²) in [6.07, 6.45) is 7.07. The molecule has 0 radical (unpaired) electrons. The van der Waals surface area contributed by atoms with Gasteiger partial charge in [-0.1, -0.05) is 44.0 Å². The first-order valence-corrected chi connectivity index (χ1v) is 7.87. The van der Waals surface area contributed by atoms with Crippen LogP contribution >= 0.6 is 0 Å². The molecule has 2 aromatic rings. The van der Waals surface area contributed by atoms with Crippen LogP contribution in [0.4, 0.5) is 0 Å². The maximum absolute atomic E-state index is 6.04. The molecule has 2 N–H and O–H groups in total. The second kappa shape index (κ2) is 5.92. The van der Waals surface area contributed by atoms with Crippen molar-refractivity contribution in [3.05, 3.63) is 42.1 Å². The van der Waals surface area contributed by atoms with Gasteiger partial charge in [-0.3, -0.25) is 4.98 Å². The SMILES string of the molecule is CCC1CCC(CN)C(c2cccc3cccnc23)C1. The van der Waals surface area contributed by atoms with E-state index in [1.54, 1.807) is 0 Å². The molecular formula is C18H24N2. The number of fused-ring (bicyclic) bond motifs is 1. The van der Waals surface area contributed by atoms with Crippen molar-refractivity contribution < 1.29 is 0 Å². The normalized spacial score (nSPS) is 26.8. The Morgan fingerprint density at radius 1 is 1.20 bits per heavy atom. The van der Waals surface area contributed by atoms with E-state index in [0.29, 0.717) is 11.8 Å². The lowest BCUT2D eigenvalue weighted by molar-refractivity contribution is 0.237. The fraction of sp³-hybridized carbons (Fsp3) is 0.500. The van der Waals surface area contributed by atoms with Crippen molar-refractivity contribution in [1.29, 1.82) is 0 Å². The molecule has 1 fully saturated rings. The summed E-state index contributed by atoms with van der Waals surface area (Å²) in [5.41, 5.74) is 8.63. The molecule has 0 saturated heterocycles. The number of benzene rings is 1. The van der Waals surface area contributed by atoms with E-state index < -0.39 is 0 Å². The van der Waals surface area contributed by atoms with E-state index in [-0.39, 0.29) is 0 Å². The van der Waals surface area contributed by atoms with E-state index >= 15 is 0 Å². The van der Waals surface area contributed by atoms with Crippen LogP contribution < -0.4 is 5.73 Å². The van der Waals surface area contributed by atoms with E-state index in [1.165, 1.54) is 42.1 Å². The molecule has 3 atom stereocenters. The Bertz CT molecular complexity index is 573. The van der Waals surface area contributed by atoms with Crippen molar-refractivity contribution >= 4 is 10.9 Å². The maximum atomic E-state index is 6.04. The molecule has 1 aromatic carbocycles. The van der Waals surface area contributed by atoms with Crippen LogP contribution in [0, 0.1) is 11.8 Å². The molecule has 0 amide bonds. The third-order valence-corrected chi connectivity index (χ3v) is 5.05. The van der Waals surface area contributed by atoms with Gasteiger partial charge in [-0.15, -0.1) is 0 Å². The Balaban J connectivity index is 2.03. The summed E-state index contributed by atoms with van der Waals surface area (Å²) in [7, 11) is 0. The summed E-state index contributed by atoms with van der Waals surface area (Å²) in [6.45, 7) is 3.11. The zero-order chi connectivity index (χ0) is 13.9. The van der Waals surface area contributed by atoms with Crippen molar-refractivity contribution in [1.82, 2.24) is 4.98 Å². The van der Waals surface area contributed by atoms with Crippen LogP contribution in [0.15, 0.2) is 36.5 Å². The quantitative estimate of drug-likeness (QED) is 0.910. The number of pyridine rings is 1. The number of aromatic nitrogens is 1. The monoisotopic (exact) mass is 268 g/mol. The number of hydrogen-bond acceptors (Lipinski definition) is 2. The number of rotatable bonds is 3. The molecule has 106 valence electrons. The third-order valence-electron chi connectivity index (χ3n) is 5.05. The standard InChI is InChI=1S/C18H24N2/c1-2-13-8-9-15(12-19)17(11-13)16-7-3-5-14-6-4-10-20-18(14)16/h3-7,10,13,15,17H,2,8-9,11-12,19H2,1H3. The Labute approximate surface area is 121 Å². The molecule has 1 aliphatic rings. The summed E-state index contributed by atoms with van der Waals surface area (Å²) in [6, 6.07) is 10.8. The van der Waals surface area contributed by atoms with Gasteiger partial charge in [0.25, 0.3) is 0 Å². The summed E-state index contributed by atoms with van der Waals surface area (Å²) in [5.74, 6) is 2.05. The zero-order valence-electron chi connectivity index (χ0n) is 12.3. The molecule has 1 heterocycles. The predicted octanol–water partition coefficient (Wildman–Crippen LogP) is 4.10. The minimum atomic E-state index is 0.581. The highest BCUT2D eigenvalue weighted by atomic mass is 14.7. The fourth-order valence-corrected chi connectivity index (χ4v) is 3.78. The van der Waals surface area contributed by atoms with Gasteiger partial charge in [0.1, 0.15) is 0 Å². The van der Waals surface area contributed by atoms with Crippen molar-refractivity contribution in [2.75, 3.05) is 6.54 Å². The van der Waals surface area contributed by atoms with E-state index in [2.05, 4.69) is 36.2 Å². The second-order valence-corrected chi connectivity index (χ2v) is 6.11. The fourth-order valence-electron chi connectivity index (χ4n) is 3.78. The zero-order valence-corrected chi connectivity index (χ0v) is 12.3. The van der Waals surface area contributed by atoms with Crippen molar-refractivity contribution in [2.24, 2.45) is 17.6 Å². The van der Waals surface area contributed by atoms with Gasteiger partial charge in [-0.05, 0) is 48.8 Å². The van der Waals surface area contributed by atoms with Crippen molar-refractivity contribution in [3.8, 4) is 0 Å². The number of hydrogen-bond donors (Lipinski definition) is 1. The van der Waals surface area contributed by atoms with Gasteiger partial charge in [0.05, 0.1) is 5.52 Å². The molecule has 1 aliphatic carbocycles. The molecule has 1 saturated carbocycles. The van der Waals surface area contributed by atoms with Crippen LogP contribution in [0.5, 0.6) is 0 Å². The topological polar surface area (TPSA) is 38.9 Å². The van der Waals surface area contributed by atoms with Crippen LogP contribution in [-0.4, -0.2) is 11.5 Å². The number of nitrogens with zero attached hydrogens (tertiary/aromatic N) is 1. The smallest absolute Gasteiger partial charge is 0.0736 e. The molecule has 0 spiro atoms. The molecule has 2 nitrogen and oxygen atoms in total. The lowest BCUT2D eigenvalue weighted by atomic mass is 9.70. The minimum absolute atomic E-state index is 0.581. The van der Waals surface area contributed by atoms with Gasteiger partial charge < -0.3 is 5.73 Å².